The van der Waals surface area contributed by atoms with E-state index in [2.05, 4.69) is 24.7 Å². The maximum absolute atomic E-state index is 12.3. The molecule has 0 unspecified atom stereocenters. The molecule has 0 atom stereocenters. The lowest BCUT2D eigenvalue weighted by atomic mass is 10.5. The fourth-order valence-electron chi connectivity index (χ4n) is 1.54. The summed E-state index contributed by atoms with van der Waals surface area (Å²) in [7, 11) is -1.01. The number of rotatable bonds is 5. The molecule has 0 aromatic carbocycles. The van der Waals surface area contributed by atoms with Crippen LogP contribution in [-0.2, 0) is 10.0 Å². The molecular formula is C13H15N5O4S2. The molecular weight excluding hydrogens is 354 g/mol. The van der Waals surface area contributed by atoms with Crippen LogP contribution >= 0.6 is 11.8 Å². The lowest BCUT2D eigenvalue weighted by molar-refractivity contribution is 0.373. The number of pyridine rings is 1. The molecule has 0 saturated heterocycles. The SMILES string of the molecule is COc1cc(OC)nc(NC(=NS(=O)(=O)c2cccnc2)SC)n1. The number of methoxy groups -OCH3 is 2. The molecule has 0 saturated carbocycles. The Labute approximate surface area is 143 Å². The number of anilines is 1. The van der Waals surface area contributed by atoms with Crippen molar-refractivity contribution in [1.82, 2.24) is 15.0 Å². The Bertz CT molecular complexity index is 805. The van der Waals surface area contributed by atoms with Gasteiger partial charge in [0.05, 0.1) is 20.3 Å². The number of thioether (sulfide) groups is 1. The van der Waals surface area contributed by atoms with Gasteiger partial charge in [0, 0.05) is 12.4 Å². The molecule has 9 nitrogen and oxygen atoms in total. The van der Waals surface area contributed by atoms with Crippen LogP contribution in [0, 0.1) is 0 Å². The third-order valence-electron chi connectivity index (χ3n) is 2.64. The summed E-state index contributed by atoms with van der Waals surface area (Å²) < 4.78 is 38.4. The van der Waals surface area contributed by atoms with Crippen molar-refractivity contribution in [2.75, 3.05) is 25.8 Å². The van der Waals surface area contributed by atoms with Gasteiger partial charge in [-0.05, 0) is 18.4 Å². The molecule has 0 spiro atoms. The highest BCUT2D eigenvalue weighted by Gasteiger charge is 2.15. The van der Waals surface area contributed by atoms with Crippen molar-refractivity contribution in [1.29, 1.82) is 0 Å². The van der Waals surface area contributed by atoms with Crippen molar-refractivity contribution < 1.29 is 17.9 Å². The lowest BCUT2D eigenvalue weighted by Gasteiger charge is -2.09. The van der Waals surface area contributed by atoms with E-state index in [0.717, 1.165) is 11.8 Å². The second-order valence-corrected chi connectivity index (χ2v) is 6.56. The summed E-state index contributed by atoms with van der Waals surface area (Å²) >= 11 is 1.09. The first-order valence-corrected chi connectivity index (χ1v) is 9.18. The van der Waals surface area contributed by atoms with E-state index < -0.39 is 10.0 Å². The zero-order valence-electron chi connectivity index (χ0n) is 13.1. The summed E-state index contributed by atoms with van der Waals surface area (Å²) in [6.07, 6.45) is 4.37. The molecule has 24 heavy (non-hydrogen) atoms. The molecule has 0 radical (unpaired) electrons. The van der Waals surface area contributed by atoms with Gasteiger partial charge >= 0.3 is 0 Å². The summed E-state index contributed by atoms with van der Waals surface area (Å²) in [5.41, 5.74) is 0. The Hall–Kier alpha value is -2.40. The zero-order chi connectivity index (χ0) is 17.6. The van der Waals surface area contributed by atoms with Crippen LogP contribution in [0.25, 0.3) is 0 Å². The first-order valence-electron chi connectivity index (χ1n) is 6.51. The van der Waals surface area contributed by atoms with Crippen LogP contribution in [0.3, 0.4) is 0 Å². The zero-order valence-corrected chi connectivity index (χ0v) is 14.8. The van der Waals surface area contributed by atoms with Crippen molar-refractivity contribution in [2.45, 2.75) is 4.90 Å². The summed E-state index contributed by atoms with van der Waals surface area (Å²) in [6.45, 7) is 0. The Morgan fingerprint density at radius 3 is 2.42 bits per heavy atom. The number of hydrogen-bond donors (Lipinski definition) is 1. The molecule has 0 aliphatic carbocycles. The minimum atomic E-state index is -3.90. The summed E-state index contributed by atoms with van der Waals surface area (Å²) in [5.74, 6) is 0.625. The van der Waals surface area contributed by atoms with Gasteiger partial charge in [0.1, 0.15) is 4.90 Å². The first kappa shape index (κ1) is 17.9. The fraction of sp³-hybridized carbons (Fsp3) is 0.231. The number of amidine groups is 1. The van der Waals surface area contributed by atoms with Gasteiger partial charge in [-0.25, -0.2) is 0 Å². The van der Waals surface area contributed by atoms with Gasteiger partial charge in [-0.1, -0.05) is 11.8 Å². The minimum Gasteiger partial charge on any atom is -0.481 e. The monoisotopic (exact) mass is 369 g/mol. The minimum absolute atomic E-state index is 0.0116. The van der Waals surface area contributed by atoms with Gasteiger partial charge in [0.15, 0.2) is 5.17 Å². The largest absolute Gasteiger partial charge is 0.481 e. The molecule has 2 heterocycles. The van der Waals surface area contributed by atoms with Crippen LogP contribution in [-0.4, -0.2) is 49.0 Å². The third kappa shape index (κ3) is 4.55. The number of ether oxygens (including phenoxy) is 2. The third-order valence-corrected chi connectivity index (χ3v) is 4.60. The Balaban J connectivity index is 2.33. The van der Waals surface area contributed by atoms with Gasteiger partial charge in [-0.15, -0.1) is 4.40 Å². The van der Waals surface area contributed by atoms with Gasteiger partial charge in [-0.2, -0.15) is 18.4 Å². The number of aromatic nitrogens is 3. The first-order chi connectivity index (χ1) is 11.5. The molecule has 128 valence electrons. The highest BCUT2D eigenvalue weighted by atomic mass is 32.2. The van der Waals surface area contributed by atoms with Crippen LogP contribution < -0.4 is 14.8 Å². The van der Waals surface area contributed by atoms with E-state index in [-0.39, 0.29) is 27.8 Å². The number of sulfonamides is 1. The molecule has 1 N–H and O–H groups in total. The molecule has 0 aliphatic heterocycles. The second-order valence-electron chi connectivity index (χ2n) is 4.17. The Morgan fingerprint density at radius 1 is 1.25 bits per heavy atom. The topological polar surface area (TPSA) is 116 Å². The maximum atomic E-state index is 12.3. The summed E-state index contributed by atoms with van der Waals surface area (Å²) in [6, 6.07) is 4.42. The van der Waals surface area contributed by atoms with Crippen LogP contribution in [0.5, 0.6) is 11.8 Å². The maximum Gasteiger partial charge on any atom is 0.286 e. The summed E-state index contributed by atoms with van der Waals surface area (Å²) in [4.78, 5) is 11.9. The van der Waals surface area contributed by atoms with Crippen molar-refractivity contribution in [3.63, 3.8) is 0 Å². The Kier molecular flexibility index (Phi) is 5.93. The molecule has 2 rings (SSSR count). The second kappa shape index (κ2) is 7.93. The molecule has 2 aromatic heterocycles. The van der Waals surface area contributed by atoms with Crippen molar-refractivity contribution in [3.8, 4) is 11.8 Å². The standard InChI is InChI=1S/C13H15N5O4S2/c1-21-10-7-11(22-2)16-12(15-10)17-13(23-3)18-24(19,20)9-5-4-6-14-8-9/h4-8H,1-3H3,(H,15,16,17,18). The molecule has 11 heteroatoms. The normalized spacial score (nSPS) is 11.9. The van der Waals surface area contributed by atoms with Crippen LogP contribution in [0.15, 0.2) is 39.9 Å². The molecule has 0 aliphatic rings. The average Bonchev–Trinajstić information content (AvgIpc) is 2.61. The van der Waals surface area contributed by atoms with Crippen LogP contribution in [0.4, 0.5) is 5.95 Å². The quantitative estimate of drug-likeness (QED) is 0.617. The van der Waals surface area contributed by atoms with Crippen molar-refractivity contribution in [2.24, 2.45) is 4.40 Å². The number of nitrogens with zero attached hydrogens (tertiary/aromatic N) is 4. The predicted molar refractivity (Wildman–Crippen MR) is 91.1 cm³/mol. The van der Waals surface area contributed by atoms with E-state index in [1.54, 1.807) is 6.26 Å². The van der Waals surface area contributed by atoms with Gasteiger partial charge in [0.2, 0.25) is 17.7 Å². The van der Waals surface area contributed by atoms with Crippen LogP contribution in [0.1, 0.15) is 0 Å². The van der Waals surface area contributed by atoms with Crippen molar-refractivity contribution in [3.05, 3.63) is 30.6 Å². The molecule has 2 aromatic rings. The van der Waals surface area contributed by atoms with Gasteiger partial charge < -0.3 is 14.8 Å². The molecule has 0 amide bonds. The van der Waals surface area contributed by atoms with E-state index in [1.807, 2.05) is 0 Å². The lowest BCUT2D eigenvalue weighted by Crippen LogP contribution is -2.13. The highest BCUT2D eigenvalue weighted by molar-refractivity contribution is 8.14. The summed E-state index contributed by atoms with van der Waals surface area (Å²) in [5, 5.41) is 2.83. The number of hydrogen-bond acceptors (Lipinski definition) is 8. The van der Waals surface area contributed by atoms with E-state index in [4.69, 9.17) is 9.47 Å². The highest BCUT2D eigenvalue weighted by Crippen LogP contribution is 2.19. The smallest absolute Gasteiger partial charge is 0.286 e. The average molecular weight is 369 g/mol. The van der Waals surface area contributed by atoms with E-state index in [1.165, 1.54) is 44.8 Å². The van der Waals surface area contributed by atoms with Crippen LogP contribution in [0.2, 0.25) is 0 Å². The molecule has 0 bridgehead atoms. The Morgan fingerprint density at radius 2 is 1.92 bits per heavy atom. The van der Waals surface area contributed by atoms with E-state index in [0.29, 0.717) is 0 Å². The molecule has 0 fully saturated rings. The van der Waals surface area contributed by atoms with E-state index in [9.17, 15) is 8.42 Å². The fourth-order valence-corrected chi connectivity index (χ4v) is 3.14. The predicted octanol–water partition coefficient (Wildman–Crippen LogP) is 1.41. The van der Waals surface area contributed by atoms with Gasteiger partial charge in [-0.3, -0.25) is 4.98 Å². The number of nitrogens with one attached hydrogen (secondary N) is 1. The van der Waals surface area contributed by atoms with Crippen molar-refractivity contribution >= 4 is 32.9 Å². The van der Waals surface area contributed by atoms with E-state index >= 15 is 0 Å². The van der Waals surface area contributed by atoms with Gasteiger partial charge in [0.25, 0.3) is 10.0 Å².